The van der Waals surface area contributed by atoms with E-state index >= 15 is 0 Å². The molecule has 2 aromatic rings. The van der Waals surface area contributed by atoms with Gasteiger partial charge >= 0.3 is 5.97 Å². The number of nitrogens with one attached hydrogen (secondary N) is 1. The van der Waals surface area contributed by atoms with E-state index in [9.17, 15) is 9.59 Å². The SMILES string of the molecule is CCOC(=O)c1c(NC(=O)c2cccc(C#N)c2)sc(C)c1CC. The number of esters is 1. The summed E-state index contributed by atoms with van der Waals surface area (Å²) in [7, 11) is 0. The zero-order valence-electron chi connectivity index (χ0n) is 13.8. The Bertz CT molecular complexity index is 818. The lowest BCUT2D eigenvalue weighted by Gasteiger charge is -2.08. The first-order chi connectivity index (χ1) is 11.5. The molecule has 0 saturated carbocycles. The summed E-state index contributed by atoms with van der Waals surface area (Å²) in [6.07, 6.45) is 0.677. The predicted molar refractivity (Wildman–Crippen MR) is 93.5 cm³/mol. The number of thiophene rings is 1. The van der Waals surface area contributed by atoms with E-state index < -0.39 is 5.97 Å². The lowest BCUT2D eigenvalue weighted by molar-refractivity contribution is 0.0527. The van der Waals surface area contributed by atoms with Gasteiger partial charge < -0.3 is 10.1 Å². The number of anilines is 1. The maximum atomic E-state index is 12.5. The molecule has 1 aromatic heterocycles. The molecule has 24 heavy (non-hydrogen) atoms. The first kappa shape index (κ1) is 17.7. The molecule has 1 N–H and O–H groups in total. The number of carbonyl (C=O) groups is 2. The Labute approximate surface area is 144 Å². The Morgan fingerprint density at radius 3 is 2.71 bits per heavy atom. The molecule has 0 aliphatic heterocycles. The molecule has 0 fully saturated rings. The van der Waals surface area contributed by atoms with Gasteiger partial charge in [-0.3, -0.25) is 4.79 Å². The van der Waals surface area contributed by atoms with Crippen LogP contribution in [0.3, 0.4) is 0 Å². The highest BCUT2D eigenvalue weighted by molar-refractivity contribution is 7.16. The summed E-state index contributed by atoms with van der Waals surface area (Å²) in [5.41, 5.74) is 2.09. The van der Waals surface area contributed by atoms with E-state index in [2.05, 4.69) is 5.32 Å². The standard InChI is InChI=1S/C18H18N2O3S/c1-4-14-11(3)24-17(15(14)18(22)23-5-2)20-16(21)13-8-6-7-12(9-13)10-19/h6-9H,4-5H2,1-3H3,(H,20,21). The van der Waals surface area contributed by atoms with Gasteiger partial charge in [0.2, 0.25) is 0 Å². The lowest BCUT2D eigenvalue weighted by atomic mass is 10.1. The topological polar surface area (TPSA) is 79.2 Å². The molecule has 0 bridgehead atoms. The maximum absolute atomic E-state index is 12.5. The number of nitriles is 1. The lowest BCUT2D eigenvalue weighted by Crippen LogP contribution is -2.15. The Morgan fingerprint density at radius 1 is 1.33 bits per heavy atom. The molecule has 1 aromatic carbocycles. The predicted octanol–water partition coefficient (Wildman–Crippen LogP) is 3.92. The number of ether oxygens (including phenoxy) is 1. The van der Waals surface area contributed by atoms with E-state index in [4.69, 9.17) is 10.00 Å². The number of rotatable bonds is 5. The maximum Gasteiger partial charge on any atom is 0.341 e. The van der Waals surface area contributed by atoms with Crippen LogP contribution in [-0.2, 0) is 11.2 Å². The van der Waals surface area contributed by atoms with Crippen LogP contribution in [0.1, 0.15) is 50.6 Å². The quantitative estimate of drug-likeness (QED) is 0.835. The number of hydrogen-bond acceptors (Lipinski definition) is 5. The molecule has 0 unspecified atom stereocenters. The Balaban J connectivity index is 2.36. The van der Waals surface area contributed by atoms with Gasteiger partial charge in [0.1, 0.15) is 5.00 Å². The molecule has 0 aliphatic rings. The third-order valence-electron chi connectivity index (χ3n) is 3.52. The van der Waals surface area contributed by atoms with Crippen LogP contribution in [0.4, 0.5) is 5.00 Å². The minimum Gasteiger partial charge on any atom is -0.462 e. The molecule has 5 nitrogen and oxygen atoms in total. The third-order valence-corrected chi connectivity index (χ3v) is 4.59. The summed E-state index contributed by atoms with van der Waals surface area (Å²) >= 11 is 1.35. The van der Waals surface area contributed by atoms with Gasteiger partial charge in [-0.2, -0.15) is 5.26 Å². The van der Waals surface area contributed by atoms with Crippen molar-refractivity contribution >= 4 is 28.2 Å². The molecule has 1 amide bonds. The second kappa shape index (κ2) is 7.75. The highest BCUT2D eigenvalue weighted by atomic mass is 32.1. The molecule has 0 saturated heterocycles. The molecule has 124 valence electrons. The van der Waals surface area contributed by atoms with Crippen molar-refractivity contribution in [2.45, 2.75) is 27.2 Å². The van der Waals surface area contributed by atoms with E-state index in [-0.39, 0.29) is 12.5 Å². The van der Waals surface area contributed by atoms with Gasteiger partial charge in [0, 0.05) is 10.4 Å². The van der Waals surface area contributed by atoms with Crippen LogP contribution in [-0.4, -0.2) is 18.5 Å². The van der Waals surface area contributed by atoms with Crippen LogP contribution in [0, 0.1) is 18.3 Å². The van der Waals surface area contributed by atoms with Gasteiger partial charge in [0.05, 0.1) is 23.8 Å². The zero-order valence-corrected chi connectivity index (χ0v) is 14.6. The van der Waals surface area contributed by atoms with Crippen LogP contribution in [0.5, 0.6) is 0 Å². The van der Waals surface area contributed by atoms with Crippen LogP contribution < -0.4 is 5.32 Å². The summed E-state index contributed by atoms with van der Waals surface area (Å²) < 4.78 is 5.12. The highest BCUT2D eigenvalue weighted by Crippen LogP contribution is 2.34. The fourth-order valence-electron chi connectivity index (χ4n) is 2.42. The molecule has 2 rings (SSSR count). The molecular weight excluding hydrogens is 324 g/mol. The molecule has 0 spiro atoms. The van der Waals surface area contributed by atoms with E-state index in [0.717, 1.165) is 10.4 Å². The van der Waals surface area contributed by atoms with Crippen molar-refractivity contribution in [3.63, 3.8) is 0 Å². The first-order valence-electron chi connectivity index (χ1n) is 7.62. The number of amides is 1. The van der Waals surface area contributed by atoms with Gasteiger partial charge in [-0.1, -0.05) is 13.0 Å². The molecular formula is C18H18N2O3S. The van der Waals surface area contributed by atoms with Crippen molar-refractivity contribution in [3.8, 4) is 6.07 Å². The summed E-state index contributed by atoms with van der Waals surface area (Å²) in [6.45, 7) is 5.89. The normalized spacial score (nSPS) is 10.1. The average molecular weight is 342 g/mol. The Kier molecular flexibility index (Phi) is 5.72. The van der Waals surface area contributed by atoms with Crippen LogP contribution >= 0.6 is 11.3 Å². The van der Waals surface area contributed by atoms with Gasteiger partial charge in [-0.25, -0.2) is 4.79 Å². The Morgan fingerprint density at radius 2 is 2.08 bits per heavy atom. The summed E-state index contributed by atoms with van der Waals surface area (Å²) in [5.74, 6) is -0.790. The van der Waals surface area contributed by atoms with Crippen LogP contribution in [0.15, 0.2) is 24.3 Å². The van der Waals surface area contributed by atoms with Crippen molar-refractivity contribution in [1.29, 1.82) is 5.26 Å². The number of benzene rings is 1. The third kappa shape index (κ3) is 3.63. The van der Waals surface area contributed by atoms with E-state index in [1.54, 1.807) is 25.1 Å². The molecule has 0 radical (unpaired) electrons. The van der Waals surface area contributed by atoms with Gasteiger partial charge in [-0.15, -0.1) is 11.3 Å². The molecule has 1 heterocycles. The minimum absolute atomic E-state index is 0.272. The average Bonchev–Trinajstić information content (AvgIpc) is 2.90. The van der Waals surface area contributed by atoms with E-state index in [1.165, 1.54) is 17.4 Å². The van der Waals surface area contributed by atoms with Gasteiger partial charge in [-0.05, 0) is 44.0 Å². The highest BCUT2D eigenvalue weighted by Gasteiger charge is 2.23. The monoisotopic (exact) mass is 342 g/mol. The van der Waals surface area contributed by atoms with E-state index in [1.807, 2.05) is 19.9 Å². The number of hydrogen-bond donors (Lipinski definition) is 1. The smallest absolute Gasteiger partial charge is 0.341 e. The van der Waals surface area contributed by atoms with Crippen molar-refractivity contribution in [3.05, 3.63) is 51.4 Å². The molecule has 6 heteroatoms. The number of nitrogens with zero attached hydrogens (tertiary/aromatic N) is 1. The second-order valence-electron chi connectivity index (χ2n) is 5.06. The van der Waals surface area contributed by atoms with Crippen molar-refractivity contribution < 1.29 is 14.3 Å². The molecule has 0 aliphatic carbocycles. The van der Waals surface area contributed by atoms with Crippen LogP contribution in [0.2, 0.25) is 0 Å². The fourth-order valence-corrected chi connectivity index (χ4v) is 3.55. The van der Waals surface area contributed by atoms with Crippen molar-refractivity contribution in [2.75, 3.05) is 11.9 Å². The van der Waals surface area contributed by atoms with E-state index in [0.29, 0.717) is 28.1 Å². The fraction of sp³-hybridized carbons (Fsp3) is 0.278. The van der Waals surface area contributed by atoms with Crippen molar-refractivity contribution in [2.24, 2.45) is 0 Å². The summed E-state index contributed by atoms with van der Waals surface area (Å²) in [4.78, 5) is 25.7. The number of carbonyl (C=O) groups excluding carboxylic acids is 2. The minimum atomic E-state index is -0.431. The van der Waals surface area contributed by atoms with Gasteiger partial charge in [0.15, 0.2) is 0 Å². The first-order valence-corrected chi connectivity index (χ1v) is 8.44. The number of aryl methyl sites for hydroxylation is 1. The largest absolute Gasteiger partial charge is 0.462 e. The van der Waals surface area contributed by atoms with Crippen molar-refractivity contribution in [1.82, 2.24) is 0 Å². The van der Waals surface area contributed by atoms with Crippen LogP contribution in [0.25, 0.3) is 0 Å². The van der Waals surface area contributed by atoms with Gasteiger partial charge in [0.25, 0.3) is 5.91 Å². The zero-order chi connectivity index (χ0) is 17.7. The second-order valence-corrected chi connectivity index (χ2v) is 6.29. The summed E-state index contributed by atoms with van der Waals surface area (Å²) in [6, 6.07) is 8.42. The molecule has 0 atom stereocenters. The summed E-state index contributed by atoms with van der Waals surface area (Å²) in [5, 5.41) is 12.2. The Hall–Kier alpha value is -2.65.